The highest BCUT2D eigenvalue weighted by atomic mass is 35.5. The molecule has 4 rings (SSSR count). The van der Waals surface area contributed by atoms with Gasteiger partial charge >= 0.3 is 6.18 Å². The van der Waals surface area contributed by atoms with E-state index in [1.807, 2.05) is 6.92 Å². The Bertz CT molecular complexity index is 1750. The minimum atomic E-state index is -4.71. The largest absolute Gasteiger partial charge is 0.494 e. The fourth-order valence-electron chi connectivity index (χ4n) is 4.34. The third-order valence-corrected chi connectivity index (χ3v) is 8.20. The molecule has 0 saturated carbocycles. The molecular formula is C35H31ClF3N3O4S. The molecular weight excluding hydrogens is 651 g/mol. The number of carbonyl (C=O) groups is 3. The number of alkyl halides is 3. The van der Waals surface area contributed by atoms with Gasteiger partial charge in [0.2, 0.25) is 5.91 Å². The Morgan fingerprint density at radius 1 is 0.894 bits per heavy atom. The van der Waals surface area contributed by atoms with E-state index in [-0.39, 0.29) is 10.7 Å². The fraction of sp³-hybridized carbons (Fsp3) is 0.171. The van der Waals surface area contributed by atoms with Gasteiger partial charge in [-0.05, 0) is 85.6 Å². The molecule has 4 aromatic rings. The van der Waals surface area contributed by atoms with Crippen LogP contribution in [0.2, 0.25) is 5.02 Å². The number of halogens is 4. The lowest BCUT2D eigenvalue weighted by molar-refractivity contribution is -0.137. The minimum absolute atomic E-state index is 0.0182. The van der Waals surface area contributed by atoms with Gasteiger partial charge in [-0.1, -0.05) is 54.9 Å². The number of hydrogen-bond donors (Lipinski definition) is 3. The van der Waals surface area contributed by atoms with Gasteiger partial charge < -0.3 is 20.7 Å². The smallest absolute Gasteiger partial charge is 0.418 e. The number of carbonyl (C=O) groups excluding carboxylic acids is 3. The zero-order valence-electron chi connectivity index (χ0n) is 25.4. The number of rotatable bonds is 12. The molecule has 244 valence electrons. The van der Waals surface area contributed by atoms with Crippen LogP contribution in [0.3, 0.4) is 0 Å². The molecule has 4 aromatic carbocycles. The molecule has 1 unspecified atom stereocenters. The van der Waals surface area contributed by atoms with Crippen LogP contribution in [0.5, 0.6) is 5.75 Å². The second kappa shape index (κ2) is 16.2. The van der Waals surface area contributed by atoms with Crippen LogP contribution in [-0.2, 0) is 15.8 Å². The standard InChI is InChI=1S/C35H31ClF3N3O4S/c1-3-31(34(45)41-29-18-15-24(36)20-28(29)35(37,38)39)47-27-12-8-11-25(21-27)40-33(44)30(42-32(43)23-9-6-5-7-10-23)19-22-13-16-26(17-14-22)46-4-2/h5-21,31H,3-4H2,1-2H3,(H,40,44)(H,41,45)(H,42,43)/b30-19+. The maximum Gasteiger partial charge on any atom is 0.418 e. The number of hydrogen-bond acceptors (Lipinski definition) is 5. The SMILES string of the molecule is CCOc1ccc(/C=C(/NC(=O)c2ccccc2)C(=O)Nc2cccc(SC(CC)C(=O)Nc3ccc(Cl)cc3C(F)(F)F)c2)cc1. The molecule has 3 amide bonds. The van der Waals surface area contributed by atoms with Gasteiger partial charge in [0.05, 0.1) is 23.1 Å². The van der Waals surface area contributed by atoms with Crippen LogP contribution in [0, 0.1) is 0 Å². The number of ether oxygens (including phenoxy) is 1. The van der Waals surface area contributed by atoms with E-state index in [4.69, 9.17) is 16.3 Å². The first-order valence-electron chi connectivity index (χ1n) is 14.5. The average Bonchev–Trinajstić information content (AvgIpc) is 3.05. The number of benzene rings is 4. The predicted molar refractivity (Wildman–Crippen MR) is 180 cm³/mol. The highest BCUT2D eigenvalue weighted by molar-refractivity contribution is 8.00. The van der Waals surface area contributed by atoms with Crippen molar-refractivity contribution in [2.45, 2.75) is 36.6 Å². The zero-order chi connectivity index (χ0) is 34.0. The number of nitrogens with one attached hydrogen (secondary N) is 3. The molecule has 0 bridgehead atoms. The molecule has 0 aliphatic heterocycles. The van der Waals surface area contributed by atoms with E-state index in [1.165, 1.54) is 12.1 Å². The molecule has 0 spiro atoms. The summed E-state index contributed by atoms with van der Waals surface area (Å²) in [6, 6.07) is 25.3. The number of thioether (sulfide) groups is 1. The van der Waals surface area contributed by atoms with E-state index < -0.39 is 40.4 Å². The maximum atomic E-state index is 13.6. The van der Waals surface area contributed by atoms with Crippen LogP contribution in [0.25, 0.3) is 6.08 Å². The molecule has 0 aliphatic carbocycles. The van der Waals surface area contributed by atoms with Crippen molar-refractivity contribution >= 4 is 58.5 Å². The molecule has 47 heavy (non-hydrogen) atoms. The van der Waals surface area contributed by atoms with Crippen LogP contribution in [-0.4, -0.2) is 29.6 Å². The van der Waals surface area contributed by atoms with Gasteiger partial charge in [-0.25, -0.2) is 0 Å². The van der Waals surface area contributed by atoms with Crippen molar-refractivity contribution in [1.82, 2.24) is 5.32 Å². The number of amides is 3. The van der Waals surface area contributed by atoms with Crippen molar-refractivity contribution in [3.8, 4) is 5.75 Å². The van der Waals surface area contributed by atoms with E-state index >= 15 is 0 Å². The first-order chi connectivity index (χ1) is 22.5. The second-order valence-electron chi connectivity index (χ2n) is 10.1. The molecule has 7 nitrogen and oxygen atoms in total. The van der Waals surface area contributed by atoms with E-state index in [0.717, 1.165) is 23.9 Å². The monoisotopic (exact) mass is 681 g/mol. The quantitative estimate of drug-likeness (QED) is 0.103. The van der Waals surface area contributed by atoms with Crippen LogP contribution in [0.15, 0.2) is 108 Å². The van der Waals surface area contributed by atoms with Gasteiger partial charge in [0.15, 0.2) is 0 Å². The highest BCUT2D eigenvalue weighted by Gasteiger charge is 2.34. The van der Waals surface area contributed by atoms with Crippen molar-refractivity contribution in [3.05, 3.63) is 124 Å². The summed E-state index contributed by atoms with van der Waals surface area (Å²) in [4.78, 5) is 40.1. The highest BCUT2D eigenvalue weighted by Crippen LogP contribution is 2.37. The van der Waals surface area contributed by atoms with Crippen LogP contribution >= 0.6 is 23.4 Å². The topological polar surface area (TPSA) is 96.5 Å². The second-order valence-corrected chi connectivity index (χ2v) is 11.8. The summed E-state index contributed by atoms with van der Waals surface area (Å²) in [6.07, 6.45) is -2.87. The van der Waals surface area contributed by atoms with Gasteiger partial charge in [0.1, 0.15) is 11.4 Å². The first-order valence-corrected chi connectivity index (χ1v) is 15.8. The Morgan fingerprint density at radius 3 is 2.28 bits per heavy atom. The van der Waals surface area contributed by atoms with Crippen molar-refractivity contribution in [1.29, 1.82) is 0 Å². The maximum absolute atomic E-state index is 13.6. The minimum Gasteiger partial charge on any atom is -0.494 e. The van der Waals surface area contributed by atoms with Gasteiger partial charge in [-0.3, -0.25) is 14.4 Å². The molecule has 12 heteroatoms. The Labute approximate surface area is 279 Å². The van der Waals surface area contributed by atoms with Crippen LogP contribution in [0.4, 0.5) is 24.5 Å². The summed E-state index contributed by atoms with van der Waals surface area (Å²) in [6.45, 7) is 4.11. The molecule has 0 saturated heterocycles. The van der Waals surface area contributed by atoms with Crippen LogP contribution in [0.1, 0.15) is 41.8 Å². The van der Waals surface area contributed by atoms with E-state index in [2.05, 4.69) is 16.0 Å². The molecule has 0 heterocycles. The lowest BCUT2D eigenvalue weighted by Crippen LogP contribution is -2.30. The van der Waals surface area contributed by atoms with Crippen molar-refractivity contribution < 1.29 is 32.3 Å². The third-order valence-electron chi connectivity index (χ3n) is 6.61. The molecule has 3 N–H and O–H groups in total. The van der Waals surface area contributed by atoms with Crippen LogP contribution < -0.4 is 20.7 Å². The summed E-state index contributed by atoms with van der Waals surface area (Å²) in [5.41, 5.74) is -0.0783. The first kappa shape index (κ1) is 35.1. The molecule has 0 aliphatic rings. The van der Waals surface area contributed by atoms with Gasteiger partial charge in [-0.2, -0.15) is 13.2 Å². The van der Waals surface area contributed by atoms with E-state index in [9.17, 15) is 27.6 Å². The fourth-order valence-corrected chi connectivity index (χ4v) is 5.53. The summed E-state index contributed by atoms with van der Waals surface area (Å²) in [5, 5.41) is 6.99. The lowest BCUT2D eigenvalue weighted by atomic mass is 10.1. The Balaban J connectivity index is 1.52. The Hall–Kier alpha value is -4.74. The summed E-state index contributed by atoms with van der Waals surface area (Å²) >= 11 is 6.89. The third kappa shape index (κ3) is 10.1. The van der Waals surface area contributed by atoms with Gasteiger partial charge in [0, 0.05) is 21.2 Å². The normalized spacial score (nSPS) is 12.2. The van der Waals surface area contributed by atoms with Gasteiger partial charge in [0.25, 0.3) is 11.8 Å². The molecule has 1 atom stereocenters. The molecule has 0 aromatic heterocycles. The zero-order valence-corrected chi connectivity index (χ0v) is 26.9. The molecule has 0 fully saturated rings. The predicted octanol–water partition coefficient (Wildman–Crippen LogP) is 8.68. The Kier molecular flexibility index (Phi) is 12.1. The Morgan fingerprint density at radius 2 is 1.62 bits per heavy atom. The van der Waals surface area contributed by atoms with E-state index in [0.29, 0.717) is 40.5 Å². The lowest BCUT2D eigenvalue weighted by Gasteiger charge is -2.18. The summed E-state index contributed by atoms with van der Waals surface area (Å²) < 4.78 is 46.1. The summed E-state index contributed by atoms with van der Waals surface area (Å²) in [5.74, 6) is -1.04. The average molecular weight is 682 g/mol. The van der Waals surface area contributed by atoms with Crippen molar-refractivity contribution in [3.63, 3.8) is 0 Å². The van der Waals surface area contributed by atoms with Gasteiger partial charge in [-0.15, -0.1) is 11.8 Å². The van der Waals surface area contributed by atoms with Crippen molar-refractivity contribution in [2.24, 2.45) is 0 Å². The number of anilines is 2. The molecule has 0 radical (unpaired) electrons. The summed E-state index contributed by atoms with van der Waals surface area (Å²) in [7, 11) is 0. The van der Waals surface area contributed by atoms with Crippen molar-refractivity contribution in [2.75, 3.05) is 17.2 Å². The van der Waals surface area contributed by atoms with E-state index in [1.54, 1.807) is 85.8 Å².